The number of nitrogens with zero attached hydrogens (tertiary/aromatic N) is 2. The number of likely N-dealkylation sites (tertiary alicyclic amines) is 1. The zero-order valence-electron chi connectivity index (χ0n) is 10.2. The topological polar surface area (TPSA) is 28.2 Å². The van der Waals surface area contributed by atoms with E-state index >= 15 is 0 Å². The normalized spacial score (nSPS) is 21.5. The molecule has 0 saturated carbocycles. The maximum Gasteiger partial charge on any atom is 0.182 e. The quantitative estimate of drug-likeness (QED) is 0.856. The number of nitrogens with one attached hydrogen (secondary N) is 1. The molecule has 1 N–H and O–H groups in total. The summed E-state index contributed by atoms with van der Waals surface area (Å²) in [5, 5.41) is 6.70. The largest absolute Gasteiger partial charge is 0.360 e. The van der Waals surface area contributed by atoms with Crippen LogP contribution >= 0.6 is 11.3 Å². The van der Waals surface area contributed by atoms with Crippen molar-refractivity contribution in [1.82, 2.24) is 9.88 Å². The monoisotopic (exact) mass is 239 g/mol. The highest BCUT2D eigenvalue weighted by atomic mass is 32.1. The molecule has 0 spiro atoms. The highest BCUT2D eigenvalue weighted by molar-refractivity contribution is 7.13. The summed E-state index contributed by atoms with van der Waals surface area (Å²) < 4.78 is 0. The number of hydrogen-bond acceptors (Lipinski definition) is 4. The highest BCUT2D eigenvalue weighted by Gasteiger charge is 2.22. The van der Waals surface area contributed by atoms with Crippen LogP contribution in [0.15, 0.2) is 5.38 Å². The van der Waals surface area contributed by atoms with E-state index in [2.05, 4.69) is 34.4 Å². The Bertz CT molecular complexity index is 324. The van der Waals surface area contributed by atoms with Crippen LogP contribution in [0.4, 0.5) is 5.13 Å². The lowest BCUT2D eigenvalue weighted by Crippen LogP contribution is -2.34. The van der Waals surface area contributed by atoms with E-state index in [0.717, 1.165) is 18.1 Å². The average Bonchev–Trinajstić information content (AvgIpc) is 2.94. The summed E-state index contributed by atoms with van der Waals surface area (Å²) in [5.41, 5.74) is 1.20. The second-order valence-corrected chi connectivity index (χ2v) is 5.16. The van der Waals surface area contributed by atoms with Crippen LogP contribution in [0, 0.1) is 0 Å². The third-order valence-corrected chi connectivity index (χ3v) is 4.16. The summed E-state index contributed by atoms with van der Waals surface area (Å²) in [5.74, 6) is 0. The van der Waals surface area contributed by atoms with Gasteiger partial charge in [0.15, 0.2) is 5.13 Å². The fourth-order valence-electron chi connectivity index (χ4n) is 2.30. The number of likely N-dealkylation sites (N-methyl/N-ethyl adjacent to an activating group) is 1. The van der Waals surface area contributed by atoms with Gasteiger partial charge < -0.3 is 5.32 Å². The average molecular weight is 239 g/mol. The van der Waals surface area contributed by atoms with Crippen molar-refractivity contribution >= 4 is 16.5 Å². The summed E-state index contributed by atoms with van der Waals surface area (Å²) in [6.07, 6.45) is 3.70. The predicted octanol–water partition coefficient (Wildman–Crippen LogP) is 2.60. The zero-order chi connectivity index (χ0) is 11.4. The van der Waals surface area contributed by atoms with Gasteiger partial charge in [-0.3, -0.25) is 4.90 Å². The molecular formula is C12H21N3S. The summed E-state index contributed by atoms with van der Waals surface area (Å²) in [6, 6.07) is 0.707. The van der Waals surface area contributed by atoms with Gasteiger partial charge in [0.1, 0.15) is 0 Å². The van der Waals surface area contributed by atoms with E-state index in [4.69, 9.17) is 0 Å². The third-order valence-electron chi connectivity index (χ3n) is 3.31. The van der Waals surface area contributed by atoms with Gasteiger partial charge >= 0.3 is 0 Å². The van der Waals surface area contributed by atoms with Crippen molar-refractivity contribution in [2.45, 2.75) is 39.2 Å². The van der Waals surface area contributed by atoms with Crippen LogP contribution in [0.1, 0.15) is 32.4 Å². The van der Waals surface area contributed by atoms with Gasteiger partial charge in [0, 0.05) is 18.0 Å². The molecule has 0 aromatic carbocycles. The highest BCUT2D eigenvalue weighted by Crippen LogP contribution is 2.19. The van der Waals surface area contributed by atoms with Crippen LogP contribution in [0.3, 0.4) is 0 Å². The van der Waals surface area contributed by atoms with Crippen molar-refractivity contribution in [3.05, 3.63) is 11.1 Å². The lowest BCUT2D eigenvalue weighted by Gasteiger charge is -2.22. The molecule has 1 atom stereocenters. The Morgan fingerprint density at radius 2 is 2.44 bits per heavy atom. The van der Waals surface area contributed by atoms with Crippen molar-refractivity contribution in [3.8, 4) is 0 Å². The van der Waals surface area contributed by atoms with E-state index in [0.29, 0.717) is 6.04 Å². The Kier molecular flexibility index (Phi) is 4.18. The molecule has 3 nitrogen and oxygen atoms in total. The van der Waals surface area contributed by atoms with E-state index in [-0.39, 0.29) is 0 Å². The lowest BCUT2D eigenvalue weighted by molar-refractivity contribution is 0.277. The summed E-state index contributed by atoms with van der Waals surface area (Å²) in [6.45, 7) is 7.88. The molecule has 90 valence electrons. The van der Waals surface area contributed by atoms with E-state index in [1.807, 2.05) is 0 Å². The van der Waals surface area contributed by atoms with Crippen LogP contribution in [0.2, 0.25) is 0 Å². The van der Waals surface area contributed by atoms with Crippen LogP contribution in [-0.4, -0.2) is 35.6 Å². The first-order valence-electron chi connectivity index (χ1n) is 6.25. The third kappa shape index (κ3) is 2.74. The molecule has 4 heteroatoms. The fraction of sp³-hybridized carbons (Fsp3) is 0.750. The van der Waals surface area contributed by atoms with Crippen molar-refractivity contribution in [1.29, 1.82) is 0 Å². The first-order chi connectivity index (χ1) is 7.83. The Hall–Kier alpha value is -0.610. The number of aryl methyl sites for hydroxylation is 1. The Labute approximate surface area is 102 Å². The van der Waals surface area contributed by atoms with Crippen molar-refractivity contribution < 1.29 is 0 Å². The minimum Gasteiger partial charge on any atom is -0.360 e. The molecule has 2 heterocycles. The zero-order valence-corrected chi connectivity index (χ0v) is 11.0. The van der Waals surface area contributed by atoms with Gasteiger partial charge in [0.2, 0.25) is 0 Å². The molecule has 0 radical (unpaired) electrons. The molecule has 0 amide bonds. The maximum atomic E-state index is 4.53. The molecule has 1 aromatic rings. The minimum atomic E-state index is 0.707. The molecule has 1 aromatic heterocycles. The first kappa shape index (κ1) is 11.9. The van der Waals surface area contributed by atoms with Crippen molar-refractivity contribution in [2.75, 3.05) is 25.0 Å². The van der Waals surface area contributed by atoms with Crippen molar-refractivity contribution in [3.63, 3.8) is 0 Å². The van der Waals surface area contributed by atoms with Crippen molar-refractivity contribution in [2.24, 2.45) is 0 Å². The standard InChI is InChI=1S/C12H21N3S/c1-3-10-9-16-12(14-10)13-8-11-6-5-7-15(11)4-2/h9,11H,3-8H2,1-2H3,(H,13,14). The molecule has 1 saturated heterocycles. The van der Waals surface area contributed by atoms with E-state index < -0.39 is 0 Å². The van der Waals surface area contributed by atoms with E-state index in [1.165, 1.54) is 31.6 Å². The Morgan fingerprint density at radius 1 is 1.56 bits per heavy atom. The molecule has 1 fully saturated rings. The molecular weight excluding hydrogens is 218 g/mol. The van der Waals surface area contributed by atoms with Gasteiger partial charge in [0.25, 0.3) is 0 Å². The lowest BCUT2D eigenvalue weighted by atomic mass is 10.2. The van der Waals surface area contributed by atoms with Crippen LogP contribution < -0.4 is 5.32 Å². The first-order valence-corrected chi connectivity index (χ1v) is 7.13. The summed E-state index contributed by atoms with van der Waals surface area (Å²) in [7, 11) is 0. The minimum absolute atomic E-state index is 0.707. The van der Waals surface area contributed by atoms with Crippen LogP contribution in [0.25, 0.3) is 0 Å². The van der Waals surface area contributed by atoms with E-state index in [1.54, 1.807) is 11.3 Å². The molecule has 0 aliphatic carbocycles. The SMILES string of the molecule is CCc1csc(NCC2CCCN2CC)n1. The molecule has 1 unspecified atom stereocenters. The smallest absolute Gasteiger partial charge is 0.182 e. The second kappa shape index (κ2) is 5.64. The number of thiazole rings is 1. The molecule has 1 aliphatic rings. The van der Waals surface area contributed by atoms with Gasteiger partial charge in [-0.25, -0.2) is 4.98 Å². The van der Waals surface area contributed by atoms with Gasteiger partial charge in [0.05, 0.1) is 5.69 Å². The van der Waals surface area contributed by atoms with Gasteiger partial charge in [-0.15, -0.1) is 11.3 Å². The maximum absolute atomic E-state index is 4.53. The number of aromatic nitrogens is 1. The number of anilines is 1. The van der Waals surface area contributed by atoms with Crippen LogP contribution in [0.5, 0.6) is 0 Å². The second-order valence-electron chi connectivity index (χ2n) is 4.30. The molecule has 2 rings (SSSR count). The van der Waals surface area contributed by atoms with Gasteiger partial charge in [-0.05, 0) is 32.4 Å². The van der Waals surface area contributed by atoms with Gasteiger partial charge in [-0.2, -0.15) is 0 Å². The fourth-order valence-corrected chi connectivity index (χ4v) is 3.10. The number of rotatable bonds is 5. The predicted molar refractivity (Wildman–Crippen MR) is 70.3 cm³/mol. The summed E-state index contributed by atoms with van der Waals surface area (Å²) >= 11 is 1.73. The van der Waals surface area contributed by atoms with E-state index in [9.17, 15) is 0 Å². The van der Waals surface area contributed by atoms with Crippen LogP contribution in [-0.2, 0) is 6.42 Å². The number of hydrogen-bond donors (Lipinski definition) is 1. The molecule has 0 bridgehead atoms. The Balaban J connectivity index is 1.82. The molecule has 16 heavy (non-hydrogen) atoms. The Morgan fingerprint density at radius 3 is 3.12 bits per heavy atom. The molecule has 1 aliphatic heterocycles. The summed E-state index contributed by atoms with van der Waals surface area (Å²) in [4.78, 5) is 7.09. The van der Waals surface area contributed by atoms with Gasteiger partial charge in [-0.1, -0.05) is 13.8 Å².